The van der Waals surface area contributed by atoms with E-state index in [0.29, 0.717) is 13.0 Å². The quantitative estimate of drug-likeness (QED) is 0.862. The van der Waals surface area contributed by atoms with Crippen molar-refractivity contribution in [1.29, 1.82) is 0 Å². The Balaban J connectivity index is 3.28. The van der Waals surface area contributed by atoms with E-state index in [1.807, 2.05) is 13.8 Å². The van der Waals surface area contributed by atoms with Gasteiger partial charge in [-0.05, 0) is 13.3 Å². The second-order valence-corrected chi connectivity index (χ2v) is 5.70. The molecule has 1 heterocycles. The van der Waals surface area contributed by atoms with Crippen LogP contribution in [0, 0.1) is 0 Å². The van der Waals surface area contributed by atoms with E-state index in [2.05, 4.69) is 4.98 Å². The molecule has 5 nitrogen and oxygen atoms in total. The summed E-state index contributed by atoms with van der Waals surface area (Å²) in [7, 11) is -3.70. The molecule has 0 aliphatic heterocycles. The van der Waals surface area contributed by atoms with Crippen LogP contribution in [0.2, 0.25) is 0 Å². The van der Waals surface area contributed by atoms with Crippen LogP contribution in [0.25, 0.3) is 0 Å². The average molecular weight is 258 g/mol. The van der Waals surface area contributed by atoms with Crippen molar-refractivity contribution in [2.75, 3.05) is 6.54 Å². The number of rotatable bonds is 5. The molecule has 6 heteroatoms. The highest BCUT2D eigenvalue weighted by molar-refractivity contribution is 7.89. The predicted octanol–water partition coefficient (Wildman–Crippen LogP) is 1.18. The maximum Gasteiger partial charge on any atom is 0.248 e. The van der Waals surface area contributed by atoms with Crippen molar-refractivity contribution < 1.29 is 8.42 Å². The second-order valence-electron chi connectivity index (χ2n) is 3.84. The standard InChI is InChI=1S/C11H18N2O3S/c1-4-9(3)13(5-2)17(15,16)11-8-12-7-6-10(11)14/h6-9H,4-5H2,1-3H3,(H,12,14). The van der Waals surface area contributed by atoms with Gasteiger partial charge in [-0.25, -0.2) is 8.42 Å². The number of H-pyrrole nitrogens is 1. The fourth-order valence-corrected chi connectivity index (χ4v) is 3.41. The van der Waals surface area contributed by atoms with Crippen molar-refractivity contribution in [3.8, 4) is 0 Å². The zero-order valence-electron chi connectivity index (χ0n) is 10.3. The molecule has 0 aromatic carbocycles. The first kappa shape index (κ1) is 13.9. The summed E-state index contributed by atoms with van der Waals surface area (Å²) in [5.74, 6) is 0. The van der Waals surface area contributed by atoms with E-state index in [0.717, 1.165) is 0 Å². The van der Waals surface area contributed by atoms with Crippen molar-refractivity contribution in [3.63, 3.8) is 0 Å². The molecule has 0 spiro atoms. The summed E-state index contributed by atoms with van der Waals surface area (Å²) < 4.78 is 25.9. The topological polar surface area (TPSA) is 70.2 Å². The third-order valence-electron chi connectivity index (χ3n) is 2.77. The molecule has 0 amide bonds. The van der Waals surface area contributed by atoms with Crippen LogP contribution in [-0.2, 0) is 10.0 Å². The second kappa shape index (κ2) is 5.46. The van der Waals surface area contributed by atoms with E-state index in [-0.39, 0.29) is 10.9 Å². The third-order valence-corrected chi connectivity index (χ3v) is 4.88. The van der Waals surface area contributed by atoms with Crippen molar-refractivity contribution in [1.82, 2.24) is 9.29 Å². The number of hydrogen-bond acceptors (Lipinski definition) is 3. The van der Waals surface area contributed by atoms with Gasteiger partial charge in [0.25, 0.3) is 0 Å². The molecule has 1 unspecified atom stereocenters. The van der Waals surface area contributed by atoms with Gasteiger partial charge in [-0.15, -0.1) is 0 Å². The number of aromatic amines is 1. The molecule has 0 aliphatic rings. The van der Waals surface area contributed by atoms with Crippen LogP contribution in [0.15, 0.2) is 28.2 Å². The Morgan fingerprint density at radius 1 is 1.41 bits per heavy atom. The lowest BCUT2D eigenvalue weighted by Crippen LogP contribution is -2.39. The highest BCUT2D eigenvalue weighted by atomic mass is 32.2. The van der Waals surface area contributed by atoms with Crippen LogP contribution in [0.5, 0.6) is 0 Å². The zero-order valence-corrected chi connectivity index (χ0v) is 11.1. The van der Waals surface area contributed by atoms with E-state index in [1.54, 1.807) is 6.92 Å². The Hall–Kier alpha value is -1.14. The Morgan fingerprint density at radius 3 is 2.53 bits per heavy atom. The van der Waals surface area contributed by atoms with Crippen LogP contribution in [0.4, 0.5) is 0 Å². The maximum atomic E-state index is 12.3. The van der Waals surface area contributed by atoms with E-state index in [1.165, 1.54) is 22.8 Å². The normalized spacial score (nSPS) is 13.9. The maximum absolute atomic E-state index is 12.3. The van der Waals surface area contributed by atoms with E-state index in [4.69, 9.17) is 0 Å². The van der Waals surface area contributed by atoms with E-state index < -0.39 is 15.5 Å². The first-order valence-electron chi connectivity index (χ1n) is 5.64. The summed E-state index contributed by atoms with van der Waals surface area (Å²) in [6.45, 7) is 5.86. The number of aromatic nitrogens is 1. The molecular formula is C11H18N2O3S. The summed E-state index contributed by atoms with van der Waals surface area (Å²) in [5, 5.41) is 0. The first-order chi connectivity index (χ1) is 7.95. The van der Waals surface area contributed by atoms with Crippen LogP contribution in [0.3, 0.4) is 0 Å². The molecule has 0 radical (unpaired) electrons. The highest BCUT2D eigenvalue weighted by Gasteiger charge is 2.28. The Bertz CT molecular complexity index is 522. The Morgan fingerprint density at radius 2 is 2.06 bits per heavy atom. The lowest BCUT2D eigenvalue weighted by molar-refractivity contribution is 0.342. The lowest BCUT2D eigenvalue weighted by Gasteiger charge is -2.25. The highest BCUT2D eigenvalue weighted by Crippen LogP contribution is 2.15. The van der Waals surface area contributed by atoms with Gasteiger partial charge in [0.15, 0.2) is 0 Å². The lowest BCUT2D eigenvalue weighted by atomic mass is 10.3. The van der Waals surface area contributed by atoms with Gasteiger partial charge in [0.1, 0.15) is 4.90 Å². The summed E-state index contributed by atoms with van der Waals surface area (Å²) in [5.41, 5.74) is -0.481. The molecule has 0 saturated heterocycles. The molecule has 1 rings (SSSR count). The monoisotopic (exact) mass is 258 g/mol. The summed E-state index contributed by atoms with van der Waals surface area (Å²) >= 11 is 0. The number of nitrogens with one attached hydrogen (secondary N) is 1. The minimum Gasteiger partial charge on any atom is -0.366 e. The predicted molar refractivity (Wildman–Crippen MR) is 66.4 cm³/mol. The van der Waals surface area contributed by atoms with Gasteiger partial charge in [0.05, 0.1) is 0 Å². The third kappa shape index (κ3) is 2.76. The van der Waals surface area contributed by atoms with Gasteiger partial charge in [0, 0.05) is 31.0 Å². The molecule has 17 heavy (non-hydrogen) atoms. The zero-order chi connectivity index (χ0) is 13.1. The van der Waals surface area contributed by atoms with Gasteiger partial charge in [0.2, 0.25) is 15.5 Å². The fraction of sp³-hybridized carbons (Fsp3) is 0.545. The molecule has 0 bridgehead atoms. The Kier molecular flexibility index (Phi) is 4.47. The number of pyridine rings is 1. The SMILES string of the molecule is CCC(C)N(CC)S(=O)(=O)c1c[nH]ccc1=O. The average Bonchev–Trinajstić information content (AvgIpc) is 2.29. The number of sulfonamides is 1. The van der Waals surface area contributed by atoms with Gasteiger partial charge in [-0.2, -0.15) is 4.31 Å². The van der Waals surface area contributed by atoms with Crippen LogP contribution in [-0.4, -0.2) is 30.3 Å². The summed E-state index contributed by atoms with van der Waals surface area (Å²) in [4.78, 5) is 14.0. The number of hydrogen-bond donors (Lipinski definition) is 1. The van der Waals surface area contributed by atoms with Gasteiger partial charge < -0.3 is 4.98 Å². The molecule has 96 valence electrons. The summed E-state index contributed by atoms with van der Waals surface area (Å²) in [6.07, 6.45) is 3.36. The largest absolute Gasteiger partial charge is 0.366 e. The Labute approximate surface area is 102 Å². The minimum atomic E-state index is -3.70. The van der Waals surface area contributed by atoms with E-state index in [9.17, 15) is 13.2 Å². The fourth-order valence-electron chi connectivity index (χ4n) is 1.65. The van der Waals surface area contributed by atoms with Crippen LogP contribution in [0.1, 0.15) is 27.2 Å². The first-order valence-corrected chi connectivity index (χ1v) is 7.08. The molecule has 0 saturated carbocycles. The van der Waals surface area contributed by atoms with Crippen LogP contribution >= 0.6 is 0 Å². The molecule has 1 atom stereocenters. The van der Waals surface area contributed by atoms with Crippen LogP contribution < -0.4 is 5.43 Å². The summed E-state index contributed by atoms with van der Waals surface area (Å²) in [6, 6.07) is 1.10. The smallest absolute Gasteiger partial charge is 0.248 e. The molecule has 1 aromatic rings. The molecule has 0 aliphatic carbocycles. The molecular weight excluding hydrogens is 240 g/mol. The van der Waals surface area contributed by atoms with E-state index >= 15 is 0 Å². The molecule has 1 N–H and O–H groups in total. The van der Waals surface area contributed by atoms with Gasteiger partial charge in [-0.3, -0.25) is 4.79 Å². The van der Waals surface area contributed by atoms with Crippen molar-refractivity contribution in [2.24, 2.45) is 0 Å². The minimum absolute atomic E-state index is 0.121. The van der Waals surface area contributed by atoms with Crippen molar-refractivity contribution in [2.45, 2.75) is 38.1 Å². The van der Waals surface area contributed by atoms with Crippen molar-refractivity contribution >= 4 is 10.0 Å². The molecule has 0 fully saturated rings. The number of nitrogens with zero attached hydrogens (tertiary/aromatic N) is 1. The van der Waals surface area contributed by atoms with Gasteiger partial charge >= 0.3 is 0 Å². The van der Waals surface area contributed by atoms with Crippen molar-refractivity contribution in [3.05, 3.63) is 28.7 Å². The molecule has 1 aromatic heterocycles. The van der Waals surface area contributed by atoms with Gasteiger partial charge in [-0.1, -0.05) is 13.8 Å².